The number of fused-ring (bicyclic) bond motifs is 1. The Kier molecular flexibility index (Phi) is 6.96. The molecule has 2 aromatic heterocycles. The molecule has 0 radical (unpaired) electrons. The molecule has 0 unspecified atom stereocenters. The number of piperidine rings is 2. The number of nitrogens with one attached hydrogen (secondary N) is 1. The summed E-state index contributed by atoms with van der Waals surface area (Å²) in [6.07, 6.45) is 5.15. The van der Waals surface area contributed by atoms with Gasteiger partial charge in [-0.15, -0.1) is 5.10 Å². The van der Waals surface area contributed by atoms with Gasteiger partial charge in [0.05, 0.1) is 0 Å². The number of halogens is 1. The molecule has 0 saturated carbocycles. The molecule has 2 aliphatic heterocycles. The van der Waals surface area contributed by atoms with Crippen LogP contribution in [0, 0.1) is 0 Å². The van der Waals surface area contributed by atoms with Crippen LogP contribution in [0.4, 0.5) is 16.0 Å². The van der Waals surface area contributed by atoms with Crippen molar-refractivity contribution in [2.24, 2.45) is 0 Å². The molecule has 6 rings (SSSR count). The molecule has 0 spiro atoms. The summed E-state index contributed by atoms with van der Waals surface area (Å²) in [5.41, 5.74) is 4.59. The number of pyridine rings is 1. The maximum absolute atomic E-state index is 13.4. The van der Waals surface area contributed by atoms with Crippen LogP contribution in [0.5, 0.6) is 0 Å². The first-order chi connectivity index (χ1) is 19.0. The highest BCUT2D eigenvalue weighted by atomic mass is 19.1. The summed E-state index contributed by atoms with van der Waals surface area (Å²) < 4.78 is 15.1. The molecule has 2 aromatic carbocycles. The average molecular weight is 527 g/mol. The normalized spacial score (nSPS) is 16.4. The predicted molar refractivity (Wildman–Crippen MR) is 148 cm³/mol. The van der Waals surface area contributed by atoms with E-state index in [1.165, 1.54) is 6.42 Å². The number of alkyl halides is 1. The third kappa shape index (κ3) is 5.34. The van der Waals surface area contributed by atoms with Crippen LogP contribution in [0.2, 0.25) is 0 Å². The van der Waals surface area contributed by atoms with Crippen molar-refractivity contribution in [1.82, 2.24) is 24.4 Å². The van der Waals surface area contributed by atoms with E-state index < -0.39 is 6.17 Å². The smallest absolute Gasteiger partial charge is 0.253 e. The second kappa shape index (κ2) is 10.8. The molecule has 2 saturated heterocycles. The number of likely N-dealkylation sites (tertiary alicyclic amines) is 2. The Morgan fingerprint density at radius 1 is 0.795 bits per heavy atom. The number of aromatic nitrogens is 3. The molecule has 0 aliphatic carbocycles. The first-order valence-corrected chi connectivity index (χ1v) is 13.6. The molecule has 39 heavy (non-hydrogen) atoms. The van der Waals surface area contributed by atoms with Crippen LogP contribution in [0.15, 0.2) is 66.9 Å². The van der Waals surface area contributed by atoms with Crippen molar-refractivity contribution in [3.63, 3.8) is 0 Å². The second-order valence-corrected chi connectivity index (χ2v) is 10.2. The molecule has 2 fully saturated rings. The van der Waals surface area contributed by atoms with Crippen molar-refractivity contribution in [3.05, 3.63) is 78.0 Å². The van der Waals surface area contributed by atoms with Crippen molar-refractivity contribution in [2.45, 2.75) is 38.3 Å². The maximum atomic E-state index is 13.4. The zero-order valence-electron chi connectivity index (χ0n) is 21.7. The van der Waals surface area contributed by atoms with Crippen molar-refractivity contribution in [3.8, 4) is 11.1 Å². The van der Waals surface area contributed by atoms with Crippen molar-refractivity contribution in [1.29, 1.82) is 0 Å². The fraction of sp³-hybridized carbons (Fsp3) is 0.333. The molecule has 8 nitrogen and oxygen atoms in total. The monoisotopic (exact) mass is 526 g/mol. The zero-order chi connectivity index (χ0) is 26.8. The number of carbonyl (C=O) groups is 2. The van der Waals surface area contributed by atoms with Crippen LogP contribution in [0.25, 0.3) is 16.8 Å². The van der Waals surface area contributed by atoms with E-state index >= 15 is 0 Å². The van der Waals surface area contributed by atoms with Gasteiger partial charge in [0.1, 0.15) is 6.17 Å². The zero-order valence-corrected chi connectivity index (χ0v) is 21.7. The number of anilines is 2. The Morgan fingerprint density at radius 3 is 2.08 bits per heavy atom. The van der Waals surface area contributed by atoms with Gasteiger partial charge in [-0.1, -0.05) is 12.1 Å². The molecule has 0 atom stereocenters. The first kappa shape index (κ1) is 25.0. The minimum atomic E-state index is -0.813. The number of nitrogens with zero attached hydrogens (tertiary/aromatic N) is 5. The molecule has 2 amide bonds. The highest BCUT2D eigenvalue weighted by Crippen LogP contribution is 2.26. The van der Waals surface area contributed by atoms with Gasteiger partial charge in [0, 0.05) is 54.8 Å². The van der Waals surface area contributed by atoms with Gasteiger partial charge in [-0.2, -0.15) is 4.98 Å². The summed E-state index contributed by atoms with van der Waals surface area (Å²) in [5, 5.41) is 7.78. The molecule has 9 heteroatoms. The lowest BCUT2D eigenvalue weighted by Crippen LogP contribution is -2.39. The first-order valence-electron chi connectivity index (χ1n) is 13.6. The fourth-order valence-corrected chi connectivity index (χ4v) is 5.32. The molecule has 0 bridgehead atoms. The summed E-state index contributed by atoms with van der Waals surface area (Å²) >= 11 is 0. The van der Waals surface area contributed by atoms with E-state index in [1.807, 2.05) is 59.6 Å². The van der Waals surface area contributed by atoms with E-state index in [9.17, 15) is 14.0 Å². The third-order valence-corrected chi connectivity index (χ3v) is 7.55. The lowest BCUT2D eigenvalue weighted by atomic mass is 10.0. The van der Waals surface area contributed by atoms with E-state index in [1.54, 1.807) is 21.5 Å². The second-order valence-electron chi connectivity index (χ2n) is 10.2. The summed E-state index contributed by atoms with van der Waals surface area (Å²) in [6, 6.07) is 18.8. The van der Waals surface area contributed by atoms with Gasteiger partial charge in [0.15, 0.2) is 5.65 Å². The van der Waals surface area contributed by atoms with Gasteiger partial charge in [-0.25, -0.2) is 8.91 Å². The largest absolute Gasteiger partial charge is 0.339 e. The third-order valence-electron chi connectivity index (χ3n) is 7.55. The van der Waals surface area contributed by atoms with E-state index in [4.69, 9.17) is 4.98 Å². The fourth-order valence-electron chi connectivity index (χ4n) is 5.32. The topological polar surface area (TPSA) is 82.8 Å². The summed E-state index contributed by atoms with van der Waals surface area (Å²) in [7, 11) is 0. The van der Waals surface area contributed by atoms with Crippen LogP contribution in [-0.4, -0.2) is 68.6 Å². The van der Waals surface area contributed by atoms with Crippen LogP contribution in [0.3, 0.4) is 0 Å². The maximum Gasteiger partial charge on any atom is 0.253 e. The van der Waals surface area contributed by atoms with Gasteiger partial charge < -0.3 is 15.1 Å². The van der Waals surface area contributed by atoms with Gasteiger partial charge >= 0.3 is 0 Å². The average Bonchev–Trinajstić information content (AvgIpc) is 3.40. The molecule has 4 aromatic rings. The lowest BCUT2D eigenvalue weighted by Gasteiger charge is -2.28. The van der Waals surface area contributed by atoms with Crippen LogP contribution in [0.1, 0.15) is 52.8 Å². The van der Waals surface area contributed by atoms with Crippen molar-refractivity contribution >= 4 is 29.1 Å². The van der Waals surface area contributed by atoms with Crippen molar-refractivity contribution < 1.29 is 14.0 Å². The Labute approximate surface area is 226 Å². The van der Waals surface area contributed by atoms with Gasteiger partial charge in [0.2, 0.25) is 5.95 Å². The lowest BCUT2D eigenvalue weighted by molar-refractivity contribution is 0.0666. The van der Waals surface area contributed by atoms with Crippen LogP contribution in [-0.2, 0) is 0 Å². The van der Waals surface area contributed by atoms with E-state index in [0.717, 1.165) is 42.7 Å². The quantitative estimate of drug-likeness (QED) is 0.380. The Balaban J connectivity index is 1.16. The summed E-state index contributed by atoms with van der Waals surface area (Å²) in [5.74, 6) is 0.446. The number of hydrogen-bond acceptors (Lipinski definition) is 5. The summed E-state index contributed by atoms with van der Waals surface area (Å²) in [4.78, 5) is 33.9. The minimum absolute atomic E-state index is 0.0763. The number of benzene rings is 2. The summed E-state index contributed by atoms with van der Waals surface area (Å²) in [6.45, 7) is 2.55. The molecular formula is C30H31FN6O2. The Morgan fingerprint density at radius 2 is 1.41 bits per heavy atom. The van der Waals surface area contributed by atoms with E-state index in [2.05, 4.69) is 10.4 Å². The molecule has 1 N–H and O–H groups in total. The molecule has 4 heterocycles. The van der Waals surface area contributed by atoms with Crippen LogP contribution >= 0.6 is 0 Å². The van der Waals surface area contributed by atoms with E-state index in [-0.39, 0.29) is 11.8 Å². The molecule has 2 aliphatic rings. The van der Waals surface area contributed by atoms with Gasteiger partial charge in [0.25, 0.3) is 11.8 Å². The number of rotatable bonds is 5. The minimum Gasteiger partial charge on any atom is -0.339 e. The Bertz CT molecular complexity index is 1470. The molecule has 200 valence electrons. The number of amides is 2. The highest BCUT2D eigenvalue weighted by molar-refractivity contribution is 5.95. The van der Waals surface area contributed by atoms with E-state index in [0.29, 0.717) is 48.7 Å². The van der Waals surface area contributed by atoms with Gasteiger partial charge in [-0.3, -0.25) is 9.59 Å². The standard InChI is InChI=1S/C30H31FN6O2/c31-24-14-19-36(20-15-24)29(39)23-10-12-25(13-11-23)32-30-33-27-26(5-4-18-37(27)34-30)21-6-8-22(9-7-21)28(38)35-16-2-1-3-17-35/h4-13,18,24H,1-3,14-17,19-20H2,(H,32,34). The number of carbonyl (C=O) groups excluding carboxylic acids is 2. The Hall–Kier alpha value is -4.27. The highest BCUT2D eigenvalue weighted by Gasteiger charge is 2.23. The predicted octanol–water partition coefficient (Wildman–Crippen LogP) is 5.34. The van der Waals surface area contributed by atoms with Gasteiger partial charge in [-0.05, 0) is 86.2 Å². The SMILES string of the molecule is O=C(c1ccc(-c2cccn3nc(Nc4ccc(C(=O)N5CCC(F)CC5)cc4)nc23)cc1)N1CCCCC1. The van der Waals surface area contributed by atoms with Crippen molar-refractivity contribution in [2.75, 3.05) is 31.5 Å². The van der Waals surface area contributed by atoms with Crippen LogP contribution < -0.4 is 5.32 Å². The molecular weight excluding hydrogens is 495 g/mol. The number of hydrogen-bond donors (Lipinski definition) is 1.